The quantitative estimate of drug-likeness (QED) is 0.305. The molecule has 0 amide bonds. The summed E-state index contributed by atoms with van der Waals surface area (Å²) in [6.07, 6.45) is -9.27. The molecule has 0 radical (unpaired) electrons. The molecular formula is C22H22F6O3. The number of hydrogen-bond acceptors (Lipinski definition) is 3. The molecule has 0 N–H and O–H groups in total. The molecule has 0 heterocycles. The highest BCUT2D eigenvalue weighted by atomic mass is 19.4. The molecule has 0 bridgehead atoms. The second kappa shape index (κ2) is 9.74. The zero-order chi connectivity index (χ0) is 23.3. The molecule has 3 nitrogen and oxygen atoms in total. The van der Waals surface area contributed by atoms with Crippen molar-refractivity contribution in [3.63, 3.8) is 0 Å². The van der Waals surface area contributed by atoms with Crippen molar-refractivity contribution in [3.05, 3.63) is 65.7 Å². The molecule has 0 aliphatic carbocycles. The van der Waals surface area contributed by atoms with Gasteiger partial charge in [0, 0.05) is 12.7 Å². The third-order valence-electron chi connectivity index (χ3n) is 4.52. The average Bonchev–Trinajstić information content (AvgIpc) is 2.69. The van der Waals surface area contributed by atoms with E-state index in [-0.39, 0.29) is 17.7 Å². The predicted octanol–water partition coefficient (Wildman–Crippen LogP) is 7.01. The van der Waals surface area contributed by atoms with Gasteiger partial charge in [0.2, 0.25) is 0 Å². The first-order valence-electron chi connectivity index (χ1n) is 9.30. The van der Waals surface area contributed by atoms with E-state index in [1.54, 1.807) is 37.3 Å². The molecular weight excluding hydrogens is 426 g/mol. The fourth-order valence-corrected chi connectivity index (χ4v) is 3.04. The van der Waals surface area contributed by atoms with Crippen LogP contribution in [0.4, 0.5) is 26.3 Å². The van der Waals surface area contributed by atoms with E-state index in [1.807, 2.05) is 0 Å². The second-order valence-electron chi connectivity index (χ2n) is 6.68. The average molecular weight is 448 g/mol. The summed E-state index contributed by atoms with van der Waals surface area (Å²) in [5, 5.41) is 0. The molecule has 0 saturated heterocycles. The fraction of sp³-hybridized carbons (Fsp3) is 0.364. The van der Waals surface area contributed by atoms with Crippen molar-refractivity contribution in [1.82, 2.24) is 0 Å². The highest BCUT2D eigenvalue weighted by Crippen LogP contribution is 2.53. The molecule has 0 aliphatic rings. The predicted molar refractivity (Wildman–Crippen MR) is 104 cm³/mol. The van der Waals surface area contributed by atoms with Crippen molar-refractivity contribution in [2.24, 2.45) is 0 Å². The molecule has 2 aromatic carbocycles. The fourth-order valence-electron chi connectivity index (χ4n) is 3.04. The lowest BCUT2D eigenvalue weighted by Crippen LogP contribution is -2.56. The van der Waals surface area contributed by atoms with Gasteiger partial charge in [-0.25, -0.2) is 0 Å². The monoisotopic (exact) mass is 448 g/mol. The molecule has 0 aliphatic heterocycles. The Morgan fingerprint density at radius 3 is 2.03 bits per heavy atom. The van der Waals surface area contributed by atoms with Gasteiger partial charge in [0.25, 0.3) is 5.60 Å². The SMILES string of the molecule is C=Cc1ccc(Oc2ccc(C(OCOC)(C(F)(F)F)C(F)(F)F)cc2CCC)cc1. The van der Waals surface area contributed by atoms with Gasteiger partial charge in [-0.05, 0) is 41.8 Å². The first-order chi connectivity index (χ1) is 14.5. The Labute approximate surface area is 176 Å². The van der Waals surface area contributed by atoms with Crippen molar-refractivity contribution in [1.29, 1.82) is 0 Å². The van der Waals surface area contributed by atoms with Crippen LogP contribution in [0.3, 0.4) is 0 Å². The summed E-state index contributed by atoms with van der Waals surface area (Å²) in [6.45, 7) is 4.18. The zero-order valence-electron chi connectivity index (χ0n) is 16.9. The molecule has 31 heavy (non-hydrogen) atoms. The number of benzene rings is 2. The summed E-state index contributed by atoms with van der Waals surface area (Å²) in [5.74, 6) is 0.534. The summed E-state index contributed by atoms with van der Waals surface area (Å²) in [6, 6.07) is 9.30. The second-order valence-corrected chi connectivity index (χ2v) is 6.68. The molecule has 0 saturated carbocycles. The summed E-state index contributed by atoms with van der Waals surface area (Å²) >= 11 is 0. The van der Waals surface area contributed by atoms with Crippen LogP contribution in [0.25, 0.3) is 6.08 Å². The summed E-state index contributed by atoms with van der Waals surface area (Å²) < 4.78 is 97.0. The first kappa shape index (κ1) is 24.7. The standard InChI is InChI=1S/C22H22F6O3/c1-4-6-16-13-17(20(21(23,24)25,22(26,27)28)30-14-29-3)9-12-19(16)31-18-10-7-15(5-2)8-11-18/h5,7-13H,2,4,6,14H2,1,3H3. The van der Waals surface area contributed by atoms with Gasteiger partial charge in [-0.15, -0.1) is 0 Å². The van der Waals surface area contributed by atoms with Gasteiger partial charge < -0.3 is 14.2 Å². The van der Waals surface area contributed by atoms with Gasteiger partial charge >= 0.3 is 12.4 Å². The van der Waals surface area contributed by atoms with Gasteiger partial charge in [-0.3, -0.25) is 0 Å². The Hall–Kier alpha value is -2.52. The van der Waals surface area contributed by atoms with E-state index in [2.05, 4.69) is 16.1 Å². The van der Waals surface area contributed by atoms with Crippen molar-refractivity contribution in [3.8, 4) is 11.5 Å². The zero-order valence-corrected chi connectivity index (χ0v) is 16.9. The van der Waals surface area contributed by atoms with Crippen LogP contribution in [-0.2, 0) is 21.5 Å². The van der Waals surface area contributed by atoms with Crippen molar-refractivity contribution >= 4 is 6.08 Å². The van der Waals surface area contributed by atoms with E-state index in [4.69, 9.17) is 4.74 Å². The molecule has 2 rings (SSSR count). The van der Waals surface area contributed by atoms with Crippen LogP contribution in [0.15, 0.2) is 49.0 Å². The third kappa shape index (κ3) is 5.22. The number of hydrogen-bond donors (Lipinski definition) is 0. The Morgan fingerprint density at radius 1 is 0.935 bits per heavy atom. The Balaban J connectivity index is 2.58. The first-order valence-corrected chi connectivity index (χ1v) is 9.30. The highest BCUT2D eigenvalue weighted by molar-refractivity contribution is 5.49. The molecule has 170 valence electrons. The van der Waals surface area contributed by atoms with E-state index in [0.29, 0.717) is 18.2 Å². The van der Waals surface area contributed by atoms with E-state index in [1.165, 1.54) is 0 Å². The minimum absolute atomic E-state index is 0.155. The number of halogens is 6. The maximum absolute atomic E-state index is 13.8. The van der Waals surface area contributed by atoms with Crippen LogP contribution in [0.5, 0.6) is 11.5 Å². The maximum Gasteiger partial charge on any atom is 0.430 e. The van der Waals surface area contributed by atoms with Crippen LogP contribution in [-0.4, -0.2) is 26.3 Å². The number of aryl methyl sites for hydroxylation is 1. The van der Waals surface area contributed by atoms with E-state index in [9.17, 15) is 26.3 Å². The van der Waals surface area contributed by atoms with E-state index < -0.39 is 30.3 Å². The summed E-state index contributed by atoms with van der Waals surface area (Å²) in [4.78, 5) is 0. The molecule has 0 fully saturated rings. The van der Waals surface area contributed by atoms with E-state index in [0.717, 1.165) is 24.8 Å². The van der Waals surface area contributed by atoms with E-state index >= 15 is 0 Å². The highest BCUT2D eigenvalue weighted by Gasteiger charge is 2.73. The largest absolute Gasteiger partial charge is 0.457 e. The number of rotatable bonds is 9. The number of methoxy groups -OCH3 is 1. The van der Waals surface area contributed by atoms with Crippen molar-refractivity contribution in [2.75, 3.05) is 13.9 Å². The van der Waals surface area contributed by atoms with Crippen molar-refractivity contribution < 1.29 is 40.6 Å². The molecule has 9 heteroatoms. The summed E-state index contributed by atoms with van der Waals surface area (Å²) in [5.41, 5.74) is -4.62. The minimum Gasteiger partial charge on any atom is -0.457 e. The topological polar surface area (TPSA) is 27.7 Å². The normalized spacial score (nSPS) is 12.6. The van der Waals surface area contributed by atoms with Crippen LogP contribution >= 0.6 is 0 Å². The maximum atomic E-state index is 13.8. The lowest BCUT2D eigenvalue weighted by atomic mass is 9.89. The lowest BCUT2D eigenvalue weighted by Gasteiger charge is -2.37. The minimum atomic E-state index is -5.78. The molecule has 0 spiro atoms. The molecule has 0 atom stereocenters. The Morgan fingerprint density at radius 2 is 1.55 bits per heavy atom. The molecule has 0 unspecified atom stereocenters. The number of alkyl halides is 6. The van der Waals surface area contributed by atoms with Gasteiger partial charge in [-0.1, -0.05) is 44.2 Å². The molecule has 2 aromatic rings. The molecule has 0 aromatic heterocycles. The van der Waals surface area contributed by atoms with Crippen LogP contribution in [0.1, 0.15) is 30.0 Å². The van der Waals surface area contributed by atoms with Crippen molar-refractivity contribution in [2.45, 2.75) is 37.7 Å². The lowest BCUT2D eigenvalue weighted by molar-refractivity contribution is -0.400. The van der Waals surface area contributed by atoms with Crippen LogP contribution < -0.4 is 4.74 Å². The summed E-state index contributed by atoms with van der Waals surface area (Å²) in [7, 11) is 0.939. The number of ether oxygens (including phenoxy) is 3. The van der Waals surface area contributed by atoms with Gasteiger partial charge in [0.1, 0.15) is 18.3 Å². The Bertz CT molecular complexity index is 858. The van der Waals surface area contributed by atoms with Gasteiger partial charge in [-0.2, -0.15) is 26.3 Å². The van der Waals surface area contributed by atoms with Crippen LogP contribution in [0, 0.1) is 0 Å². The van der Waals surface area contributed by atoms with Gasteiger partial charge in [0.05, 0.1) is 0 Å². The third-order valence-corrected chi connectivity index (χ3v) is 4.52. The van der Waals surface area contributed by atoms with Crippen LogP contribution in [0.2, 0.25) is 0 Å². The Kier molecular flexibility index (Phi) is 7.77. The smallest absolute Gasteiger partial charge is 0.430 e. The van der Waals surface area contributed by atoms with Gasteiger partial charge in [0.15, 0.2) is 0 Å².